The summed E-state index contributed by atoms with van der Waals surface area (Å²) in [7, 11) is 0. The van der Waals surface area contributed by atoms with Crippen molar-refractivity contribution in [1.82, 2.24) is 0 Å². The van der Waals surface area contributed by atoms with E-state index in [1.54, 1.807) is 4.90 Å². The van der Waals surface area contributed by atoms with Crippen LogP contribution in [0.25, 0.3) is 0 Å². The molecule has 0 aromatic heterocycles. The molecule has 0 bridgehead atoms. The average Bonchev–Trinajstić information content (AvgIpc) is 3.22. The minimum Gasteiger partial charge on any atom is -0.336 e. The van der Waals surface area contributed by atoms with Crippen molar-refractivity contribution in [2.24, 2.45) is 0 Å². The summed E-state index contributed by atoms with van der Waals surface area (Å²) < 4.78 is 540. The number of rotatable bonds is 7. The molecule has 0 aliphatic carbocycles. The van der Waals surface area contributed by atoms with E-state index in [9.17, 15) is 52.7 Å². The molecule has 0 unspecified atom stereocenters. The zero-order valence-electron chi connectivity index (χ0n) is 38.4. The van der Waals surface area contributed by atoms with Crippen LogP contribution in [0.5, 0.6) is 0 Å². The highest BCUT2D eigenvalue weighted by atomic mass is 19.5. The molecule has 1 N–H and O–H groups in total. The molecule has 452 valence electrons. The predicted octanol–water partition coefficient (Wildman–Crippen LogP) is 15.2. The van der Waals surface area contributed by atoms with Crippen LogP contribution in [0.2, 0.25) is 0 Å². The maximum absolute atomic E-state index is 15.4. The average molecular weight is 1240 g/mol. The van der Waals surface area contributed by atoms with Gasteiger partial charge in [-0.1, -0.05) is 0 Å². The van der Waals surface area contributed by atoms with Crippen LogP contribution in [0.15, 0.2) is 48.5 Å². The number of nitrogens with one attached hydrogen (secondary N) is 1. The second kappa shape index (κ2) is 21.3. The van der Waals surface area contributed by atoms with Gasteiger partial charge in [0.15, 0.2) is 0 Å². The first-order chi connectivity index (χ1) is 35.2. The Labute approximate surface area is 421 Å². The molecule has 0 saturated heterocycles. The van der Waals surface area contributed by atoms with Gasteiger partial charge in [0.25, 0.3) is 0 Å². The van der Waals surface area contributed by atoms with E-state index in [2.05, 4.69) is 20.8 Å². The van der Waals surface area contributed by atoms with Crippen molar-refractivity contribution in [1.29, 1.82) is 0 Å². The largest absolute Gasteiger partial charge is 0.416 e. The van der Waals surface area contributed by atoms with Crippen LogP contribution in [-0.2, 0) is 74.1 Å². The molecule has 0 saturated carbocycles. The smallest absolute Gasteiger partial charge is 0.336 e. The lowest BCUT2D eigenvalue weighted by Crippen LogP contribution is -3.11. The molecule has 38 heteroatoms. The Morgan fingerprint density at radius 2 is 0.338 bits per heavy atom. The number of halogens is 36. The van der Waals surface area contributed by atoms with Gasteiger partial charge in [-0.05, 0) is 69.3 Å². The SMILES string of the molecule is CC[NH+](CC)CC.FC(F)(F)c1cc(C(F)(F)F)c([B-](c2c(C(F)(F)F)cc(C(F)(F)F)cc2C(F)(F)F)(c2c(C(F)(F)F)cc(C(F)(F)F)cc2C(F)(F)F)c2c(C(F)(F)F)cc(C(F)(F)F)cc2C(F)(F)F)c(C(F)(F)F)c1. The summed E-state index contributed by atoms with van der Waals surface area (Å²) in [6.45, 7) is 10.5. The standard InChI is InChI=1S/C36H8BF36.C6H15N/c38-25(39,40)9-1-13(29(50,51)52)21(14(2-9)30(53,54)55)37(22-15(31(56,57)58)3-10(26(41,42)43)4-16(22)32(59,60)61,23-17(33(62,63)64)5-11(27(44,45)46)6-18(23)34(65,66)67)24-19(35(68,69)70)7-12(28(47,48)49)8-20(24)36(71,72)73;1-4-7(5-2)6-3/h1-8H;4-6H2,1-3H3/q-1;/p+1. The molecular weight excluding hydrogens is 1210 g/mol. The lowest BCUT2D eigenvalue weighted by atomic mass is 9.09. The fraction of sp³-hybridized carbons (Fsp3) is 0.429. The summed E-state index contributed by atoms with van der Waals surface area (Å²) in [5, 5.41) is 0. The molecule has 1 nitrogen and oxygen atoms in total. The molecule has 80 heavy (non-hydrogen) atoms. The van der Waals surface area contributed by atoms with Gasteiger partial charge in [0.1, 0.15) is 6.15 Å². The van der Waals surface area contributed by atoms with Crippen molar-refractivity contribution in [3.8, 4) is 0 Å². The topological polar surface area (TPSA) is 4.44 Å². The first-order valence-corrected chi connectivity index (χ1v) is 20.8. The fourth-order valence-electron chi connectivity index (χ4n) is 8.63. The monoisotopic (exact) mass is 1240 g/mol. The van der Waals surface area contributed by atoms with Crippen LogP contribution in [0.1, 0.15) is 87.5 Å². The quantitative estimate of drug-likeness (QED) is 0.139. The molecule has 0 heterocycles. The Morgan fingerprint density at radius 1 is 0.225 bits per heavy atom. The molecule has 0 atom stereocenters. The zero-order chi connectivity index (χ0) is 63.1. The van der Waals surface area contributed by atoms with Gasteiger partial charge >= 0.3 is 74.1 Å². The molecule has 0 spiro atoms. The minimum atomic E-state index is -9.45. The fourth-order valence-corrected chi connectivity index (χ4v) is 8.63. The number of benzene rings is 4. The van der Waals surface area contributed by atoms with Gasteiger partial charge in [0.2, 0.25) is 0 Å². The molecule has 4 rings (SSSR count). The third kappa shape index (κ3) is 14.3. The summed E-state index contributed by atoms with van der Waals surface area (Å²) in [5.74, 6) is 0. The Bertz CT molecular complexity index is 2340. The van der Waals surface area contributed by atoms with E-state index in [1.165, 1.54) is 19.6 Å². The van der Waals surface area contributed by atoms with E-state index in [-0.39, 0.29) is 0 Å². The second-order valence-corrected chi connectivity index (χ2v) is 16.6. The third-order valence-electron chi connectivity index (χ3n) is 11.7. The third-order valence-corrected chi connectivity index (χ3v) is 11.7. The normalized spacial score (nSPS) is 14.4. The first kappa shape index (κ1) is 68.7. The van der Waals surface area contributed by atoms with Crippen LogP contribution < -0.4 is 26.8 Å². The summed E-state index contributed by atoms with van der Waals surface area (Å²) in [6.07, 6.45) is -101. The first-order valence-electron chi connectivity index (χ1n) is 20.8. The van der Waals surface area contributed by atoms with Crippen molar-refractivity contribution in [2.45, 2.75) is 94.9 Å². The summed E-state index contributed by atoms with van der Waals surface area (Å²) in [5.41, 5.74) is -74.1. The highest BCUT2D eigenvalue weighted by molar-refractivity contribution is 7.21. The molecule has 0 aliphatic heterocycles. The van der Waals surface area contributed by atoms with Gasteiger partial charge in [-0.3, -0.25) is 0 Å². The molecule has 0 radical (unpaired) electrons. The van der Waals surface area contributed by atoms with Gasteiger partial charge in [0.05, 0.1) is 41.9 Å². The van der Waals surface area contributed by atoms with E-state index >= 15 is 105 Å². The van der Waals surface area contributed by atoms with Gasteiger partial charge in [0, 0.05) is 44.5 Å². The minimum absolute atomic E-state index is 1.27. The highest BCUT2D eigenvalue weighted by Crippen LogP contribution is 2.50. The molecule has 4 aromatic carbocycles. The van der Waals surface area contributed by atoms with Crippen molar-refractivity contribution in [3.05, 3.63) is 115 Å². The zero-order valence-corrected chi connectivity index (χ0v) is 38.4. The Hall–Kier alpha value is -5.62. The lowest BCUT2D eigenvalue weighted by Gasteiger charge is -2.53. The molecular formula is C42H24BF36N. The lowest BCUT2D eigenvalue weighted by molar-refractivity contribution is -0.894. The maximum atomic E-state index is 15.4. The Kier molecular flexibility index (Phi) is 18.3. The molecule has 0 fully saturated rings. The van der Waals surface area contributed by atoms with Gasteiger partial charge in [-0.15, -0.1) is 0 Å². The van der Waals surface area contributed by atoms with Crippen molar-refractivity contribution >= 4 is 28.0 Å². The van der Waals surface area contributed by atoms with Crippen LogP contribution in [-0.4, -0.2) is 25.8 Å². The van der Waals surface area contributed by atoms with Crippen molar-refractivity contribution in [3.63, 3.8) is 0 Å². The second-order valence-electron chi connectivity index (χ2n) is 16.6. The van der Waals surface area contributed by atoms with Crippen LogP contribution >= 0.6 is 0 Å². The van der Waals surface area contributed by atoms with Gasteiger partial charge in [-0.25, -0.2) is 0 Å². The van der Waals surface area contributed by atoms with E-state index in [0.717, 1.165) is 0 Å². The predicted molar refractivity (Wildman–Crippen MR) is 203 cm³/mol. The van der Waals surface area contributed by atoms with Crippen LogP contribution in [0.3, 0.4) is 0 Å². The van der Waals surface area contributed by atoms with Gasteiger partial charge in [-0.2, -0.15) is 180 Å². The molecule has 0 aliphatic rings. The number of hydrogen-bond donors (Lipinski definition) is 1. The van der Waals surface area contributed by atoms with Crippen LogP contribution in [0, 0.1) is 0 Å². The molecule has 0 amide bonds. The number of hydrogen-bond acceptors (Lipinski definition) is 0. The van der Waals surface area contributed by atoms with Gasteiger partial charge < -0.3 is 4.90 Å². The Balaban J connectivity index is 0.00000224. The molecule has 4 aromatic rings. The van der Waals surface area contributed by atoms with E-state index in [1.807, 2.05) is 0 Å². The van der Waals surface area contributed by atoms with Crippen molar-refractivity contribution < 1.29 is 163 Å². The Morgan fingerprint density at radius 3 is 0.400 bits per heavy atom. The summed E-state index contributed by atoms with van der Waals surface area (Å²) in [4.78, 5) is 1.68. The number of alkyl halides is 36. The number of quaternary nitrogens is 1. The highest BCUT2D eigenvalue weighted by Gasteiger charge is 2.61. The summed E-state index contributed by atoms with van der Waals surface area (Å²) >= 11 is 0. The van der Waals surface area contributed by atoms with Crippen molar-refractivity contribution in [2.75, 3.05) is 19.6 Å². The van der Waals surface area contributed by atoms with E-state index in [4.69, 9.17) is 0 Å². The maximum Gasteiger partial charge on any atom is 0.416 e. The summed E-state index contributed by atoms with van der Waals surface area (Å²) in [6, 6.07) is -18.1. The van der Waals surface area contributed by atoms with E-state index in [0.29, 0.717) is 0 Å². The van der Waals surface area contributed by atoms with Crippen LogP contribution in [0.4, 0.5) is 158 Å². The van der Waals surface area contributed by atoms with E-state index < -0.39 is 217 Å².